The minimum absolute atomic E-state index is 0.00546. The number of amides is 2. The molecule has 1 atom stereocenters. The van der Waals surface area contributed by atoms with E-state index < -0.39 is 0 Å². The minimum Gasteiger partial charge on any atom is -0.483 e. The van der Waals surface area contributed by atoms with E-state index in [1.807, 2.05) is 32.0 Å². The molecule has 2 heterocycles. The summed E-state index contributed by atoms with van der Waals surface area (Å²) in [6, 6.07) is 5.74. The predicted molar refractivity (Wildman–Crippen MR) is 97.1 cm³/mol. The van der Waals surface area contributed by atoms with Crippen molar-refractivity contribution in [3.05, 3.63) is 47.5 Å². The Balaban J connectivity index is 1.53. The molecule has 7 nitrogen and oxygen atoms in total. The molecule has 1 saturated heterocycles. The molecule has 2 aromatic rings. The number of nitrogens with one attached hydrogen (secondary N) is 2. The lowest BCUT2D eigenvalue weighted by molar-refractivity contribution is -0.134. The van der Waals surface area contributed by atoms with Gasteiger partial charge >= 0.3 is 0 Å². The van der Waals surface area contributed by atoms with E-state index in [2.05, 4.69) is 15.3 Å². The molecule has 3 rings (SSSR count). The summed E-state index contributed by atoms with van der Waals surface area (Å²) in [4.78, 5) is 33.0. The van der Waals surface area contributed by atoms with Crippen molar-refractivity contribution in [3.63, 3.8) is 0 Å². The number of nitrogens with zero attached hydrogens (tertiary/aromatic N) is 2. The first-order valence-corrected chi connectivity index (χ1v) is 8.80. The molecular formula is C19H24N4O3. The van der Waals surface area contributed by atoms with Crippen LogP contribution in [0.4, 0.5) is 0 Å². The zero-order valence-electron chi connectivity index (χ0n) is 15.1. The maximum Gasteiger partial charge on any atom is 0.269 e. The van der Waals surface area contributed by atoms with Gasteiger partial charge in [-0.15, -0.1) is 0 Å². The average Bonchev–Trinajstić information content (AvgIpc) is 3.18. The Morgan fingerprint density at radius 3 is 3.00 bits per heavy atom. The number of aryl methyl sites for hydroxylation is 1. The van der Waals surface area contributed by atoms with E-state index in [-0.39, 0.29) is 24.5 Å². The zero-order chi connectivity index (χ0) is 18.5. The molecule has 1 aromatic carbocycles. The Morgan fingerprint density at radius 1 is 1.38 bits per heavy atom. The van der Waals surface area contributed by atoms with Gasteiger partial charge in [0.25, 0.3) is 11.8 Å². The van der Waals surface area contributed by atoms with Crippen LogP contribution in [0.15, 0.2) is 30.7 Å². The number of aromatic nitrogens is 2. The fourth-order valence-electron chi connectivity index (χ4n) is 3.08. The topological polar surface area (TPSA) is 87.3 Å². The number of hydrogen-bond acceptors (Lipinski definition) is 4. The van der Waals surface area contributed by atoms with Gasteiger partial charge in [-0.1, -0.05) is 12.1 Å². The van der Waals surface area contributed by atoms with Crippen LogP contribution in [0.5, 0.6) is 5.75 Å². The molecule has 0 unspecified atom stereocenters. The molecular weight excluding hydrogens is 332 g/mol. The van der Waals surface area contributed by atoms with Gasteiger partial charge in [-0.2, -0.15) is 0 Å². The van der Waals surface area contributed by atoms with Crippen LogP contribution in [0.1, 0.15) is 34.5 Å². The zero-order valence-corrected chi connectivity index (χ0v) is 15.1. The summed E-state index contributed by atoms with van der Waals surface area (Å²) >= 11 is 0. The van der Waals surface area contributed by atoms with E-state index in [0.29, 0.717) is 18.8 Å². The van der Waals surface area contributed by atoms with Crippen molar-refractivity contribution in [2.45, 2.75) is 32.7 Å². The lowest BCUT2D eigenvalue weighted by Crippen LogP contribution is -2.50. The summed E-state index contributed by atoms with van der Waals surface area (Å²) in [7, 11) is 0. The lowest BCUT2D eigenvalue weighted by atomic mass is 10.1. The maximum atomic E-state index is 12.5. The summed E-state index contributed by atoms with van der Waals surface area (Å²) in [6.45, 7) is 5.18. The van der Waals surface area contributed by atoms with E-state index in [1.165, 1.54) is 12.5 Å². The SMILES string of the molecule is Cc1cccc(OCC(=O)N2CCC[C@@H](NC(=O)c3cnc[nH]3)C2)c1C. The third-order valence-corrected chi connectivity index (χ3v) is 4.76. The molecule has 2 N–H and O–H groups in total. The Labute approximate surface area is 152 Å². The molecule has 2 amide bonds. The molecule has 0 bridgehead atoms. The number of rotatable bonds is 5. The van der Waals surface area contributed by atoms with Crippen LogP contribution in [-0.2, 0) is 4.79 Å². The van der Waals surface area contributed by atoms with Crippen molar-refractivity contribution >= 4 is 11.8 Å². The van der Waals surface area contributed by atoms with Gasteiger partial charge in [0.15, 0.2) is 6.61 Å². The summed E-state index contributed by atoms with van der Waals surface area (Å²) in [6.07, 6.45) is 4.65. The second kappa shape index (κ2) is 8.03. The quantitative estimate of drug-likeness (QED) is 0.856. The van der Waals surface area contributed by atoms with Crippen LogP contribution < -0.4 is 10.1 Å². The average molecular weight is 356 g/mol. The van der Waals surface area contributed by atoms with Gasteiger partial charge in [-0.05, 0) is 43.9 Å². The molecule has 7 heteroatoms. The normalized spacial score (nSPS) is 17.0. The predicted octanol–water partition coefficient (Wildman–Crippen LogP) is 1.83. The van der Waals surface area contributed by atoms with Gasteiger partial charge in [0.05, 0.1) is 12.5 Å². The summed E-state index contributed by atoms with van der Waals surface area (Å²) in [5.74, 6) is 0.472. The number of carbonyl (C=O) groups is 2. The third kappa shape index (κ3) is 4.22. The van der Waals surface area contributed by atoms with Gasteiger partial charge in [-0.25, -0.2) is 4.98 Å². The molecule has 0 radical (unpaired) electrons. The molecule has 1 aliphatic rings. The monoisotopic (exact) mass is 356 g/mol. The van der Waals surface area contributed by atoms with Crippen LogP contribution in [0, 0.1) is 13.8 Å². The molecule has 1 aromatic heterocycles. The van der Waals surface area contributed by atoms with Gasteiger partial charge < -0.3 is 19.9 Å². The Hall–Kier alpha value is -2.83. The number of piperidine rings is 1. The number of ether oxygens (including phenoxy) is 1. The van der Waals surface area contributed by atoms with Crippen LogP contribution in [0.2, 0.25) is 0 Å². The summed E-state index contributed by atoms with van der Waals surface area (Å²) in [5, 5.41) is 2.95. The molecule has 0 spiro atoms. The minimum atomic E-state index is -0.201. The highest BCUT2D eigenvalue weighted by Gasteiger charge is 2.25. The van der Waals surface area contributed by atoms with Gasteiger partial charge in [0, 0.05) is 19.1 Å². The van der Waals surface area contributed by atoms with Crippen molar-refractivity contribution in [3.8, 4) is 5.75 Å². The fraction of sp³-hybridized carbons (Fsp3) is 0.421. The van der Waals surface area contributed by atoms with Gasteiger partial charge in [0.2, 0.25) is 0 Å². The van der Waals surface area contributed by atoms with Crippen LogP contribution in [-0.4, -0.2) is 52.4 Å². The first-order chi connectivity index (χ1) is 12.5. The molecule has 0 saturated carbocycles. The highest BCUT2D eigenvalue weighted by atomic mass is 16.5. The van der Waals surface area contributed by atoms with E-state index in [4.69, 9.17) is 4.74 Å². The second-order valence-corrected chi connectivity index (χ2v) is 6.60. The number of likely N-dealkylation sites (tertiary alicyclic amines) is 1. The van der Waals surface area contributed by atoms with Crippen LogP contribution in [0.3, 0.4) is 0 Å². The number of imidazole rings is 1. The van der Waals surface area contributed by atoms with E-state index in [0.717, 1.165) is 29.7 Å². The van der Waals surface area contributed by atoms with E-state index in [1.54, 1.807) is 4.90 Å². The molecule has 26 heavy (non-hydrogen) atoms. The van der Waals surface area contributed by atoms with Crippen molar-refractivity contribution in [2.75, 3.05) is 19.7 Å². The number of carbonyl (C=O) groups excluding carboxylic acids is 2. The maximum absolute atomic E-state index is 12.5. The summed E-state index contributed by atoms with van der Waals surface area (Å²) < 4.78 is 5.72. The number of benzene rings is 1. The number of H-pyrrole nitrogens is 1. The largest absolute Gasteiger partial charge is 0.483 e. The molecule has 1 aliphatic heterocycles. The molecule has 138 valence electrons. The van der Waals surface area contributed by atoms with E-state index in [9.17, 15) is 9.59 Å². The first-order valence-electron chi connectivity index (χ1n) is 8.80. The highest BCUT2D eigenvalue weighted by molar-refractivity contribution is 5.92. The Bertz CT molecular complexity index is 773. The Morgan fingerprint density at radius 2 is 2.23 bits per heavy atom. The standard InChI is InChI=1S/C19H24N4O3/c1-13-5-3-7-17(14(13)2)26-11-18(24)23-8-4-6-15(10-23)22-19(25)16-9-20-12-21-16/h3,5,7,9,12,15H,4,6,8,10-11H2,1-2H3,(H,20,21)(H,22,25)/t15-/m1/s1. The van der Waals surface area contributed by atoms with E-state index >= 15 is 0 Å². The van der Waals surface area contributed by atoms with Gasteiger partial charge in [0.1, 0.15) is 11.4 Å². The van der Waals surface area contributed by atoms with Crippen LogP contribution in [0.25, 0.3) is 0 Å². The summed E-state index contributed by atoms with van der Waals surface area (Å²) in [5.41, 5.74) is 2.60. The number of hydrogen-bond donors (Lipinski definition) is 2. The smallest absolute Gasteiger partial charge is 0.269 e. The molecule has 0 aliphatic carbocycles. The van der Waals surface area contributed by atoms with Crippen LogP contribution >= 0.6 is 0 Å². The van der Waals surface area contributed by atoms with Crippen molar-refractivity contribution in [2.24, 2.45) is 0 Å². The molecule has 1 fully saturated rings. The second-order valence-electron chi connectivity index (χ2n) is 6.60. The first kappa shape index (κ1) is 18.0. The highest BCUT2D eigenvalue weighted by Crippen LogP contribution is 2.20. The number of aromatic amines is 1. The van der Waals surface area contributed by atoms with Crippen molar-refractivity contribution in [1.29, 1.82) is 0 Å². The van der Waals surface area contributed by atoms with Gasteiger partial charge in [-0.3, -0.25) is 9.59 Å². The van der Waals surface area contributed by atoms with Crippen molar-refractivity contribution in [1.82, 2.24) is 20.2 Å². The van der Waals surface area contributed by atoms with Crippen molar-refractivity contribution < 1.29 is 14.3 Å². The lowest BCUT2D eigenvalue weighted by Gasteiger charge is -2.33. The third-order valence-electron chi connectivity index (χ3n) is 4.76. The fourth-order valence-corrected chi connectivity index (χ4v) is 3.08. The Kier molecular flexibility index (Phi) is 5.55.